The molecule has 10 fully saturated rings. The minimum absolute atomic E-state index is 0.0592. The summed E-state index contributed by atoms with van der Waals surface area (Å²) in [5, 5.41) is 0. The second-order valence-corrected chi connectivity index (χ2v) is 34.7. The van der Waals surface area contributed by atoms with Crippen molar-refractivity contribution in [3.05, 3.63) is 12.2 Å². The summed E-state index contributed by atoms with van der Waals surface area (Å²) in [5.74, 6) is -7.31. The van der Waals surface area contributed by atoms with Crippen LogP contribution >= 0.6 is 0 Å². The zero-order valence-electron chi connectivity index (χ0n) is 67.9. The summed E-state index contributed by atoms with van der Waals surface area (Å²) in [4.78, 5) is 105. The Bertz CT molecular complexity index is 3210. The molecule has 4 aliphatic carbocycles. The lowest BCUT2D eigenvalue weighted by Gasteiger charge is -2.64. The predicted molar refractivity (Wildman–Crippen MR) is 383 cm³/mol. The van der Waals surface area contributed by atoms with Crippen molar-refractivity contribution in [2.75, 3.05) is 26.4 Å². The summed E-state index contributed by atoms with van der Waals surface area (Å²) < 4.78 is 125. The van der Waals surface area contributed by atoms with E-state index in [1.807, 2.05) is 76.2 Å². The molecule has 0 amide bonds. The fourth-order valence-corrected chi connectivity index (χ4v) is 20.4. The number of hydrogen-bond donors (Lipinski definition) is 0. The maximum atomic E-state index is 16.2. The van der Waals surface area contributed by atoms with Crippen LogP contribution in [0.4, 0.5) is 0 Å². The van der Waals surface area contributed by atoms with Gasteiger partial charge in [0.2, 0.25) is 6.29 Å². The first kappa shape index (κ1) is 85.5. The standard InChI is InChI=1S/C81H126O27/c1-37-31-80-29-25-62-78(22,63(80)26-30-81(37,36-80)108-76-70(105-71-46(10)38(2)39(3)49(13)94-71)65(48(12)61(102-76)35-93-54(18)85)104-74-68(98-57(21)88)45(9)42(6)59(100-74)33-91-52(16)83)27-24-28-79(62,23)77(89)107-75-69(106-72-66(96-55(19)86)43(7)40(4)50(14)95-72)64(47(11)60(101-75)34-92-53(17)84)103-73-67(97-56(20)87)44(8)41(5)58(99-73)32-90-51(15)82/h38-50,58-76H,1,24-36H2,2-23H3/t38-,39+,40+,41-,42-,43-,44-,45-,46?,47+,48+,49?,50?,58?,59?,60?,61?,62?,63-,64-,65-,66?,67?,68?,69?,70?,71-,72-,73-,74-,75-,76-,78+,79+,80+,81?/m0/s1. The molecule has 0 N–H and O–H groups in total. The van der Waals surface area contributed by atoms with Gasteiger partial charge in [0.15, 0.2) is 49.8 Å². The summed E-state index contributed by atoms with van der Waals surface area (Å²) in [6.07, 6.45) is -12.9. The minimum atomic E-state index is -1.60. The normalized spacial score (nSPS) is 46.5. The molecule has 2 bridgehead atoms. The Morgan fingerprint density at radius 3 is 1.21 bits per heavy atom. The van der Waals surface area contributed by atoms with Crippen molar-refractivity contribution in [2.45, 2.75) is 333 Å². The van der Waals surface area contributed by atoms with Gasteiger partial charge in [-0.25, -0.2) is 0 Å². The maximum absolute atomic E-state index is 16.2. The van der Waals surface area contributed by atoms with E-state index in [1.54, 1.807) is 0 Å². The second-order valence-electron chi connectivity index (χ2n) is 34.7. The Morgan fingerprint density at radius 2 is 0.750 bits per heavy atom. The van der Waals surface area contributed by atoms with Gasteiger partial charge in [-0.05, 0) is 130 Å². The largest absolute Gasteiger partial charge is 0.463 e. The zero-order valence-corrected chi connectivity index (χ0v) is 67.9. The van der Waals surface area contributed by atoms with Gasteiger partial charge in [-0.2, -0.15) is 0 Å². The van der Waals surface area contributed by atoms with E-state index in [0.29, 0.717) is 51.4 Å². The van der Waals surface area contributed by atoms with Crippen LogP contribution in [0.15, 0.2) is 12.2 Å². The second kappa shape index (κ2) is 34.4. The quantitative estimate of drug-likeness (QED) is 0.0397. The Kier molecular flexibility index (Phi) is 27.2. The first-order valence-corrected chi connectivity index (χ1v) is 39.8. The monoisotopic (exact) mass is 1530 g/mol. The summed E-state index contributed by atoms with van der Waals surface area (Å²) in [6.45, 7) is 43.5. The fraction of sp³-hybridized carbons (Fsp3) is 0.877. The van der Waals surface area contributed by atoms with Gasteiger partial charge in [-0.3, -0.25) is 38.4 Å². The molecule has 27 heteroatoms. The molecule has 0 radical (unpaired) electrons. The summed E-state index contributed by atoms with van der Waals surface area (Å²) in [7, 11) is 0. The lowest BCUT2D eigenvalue weighted by Crippen LogP contribution is -2.65. The van der Waals surface area contributed by atoms with Crippen LogP contribution in [0.1, 0.15) is 210 Å². The molecular formula is C81H126O27. The molecule has 6 saturated heterocycles. The number of carbonyl (C=O) groups excluding carboxylic acids is 8. The molecule has 612 valence electrons. The SMILES string of the molecule is C=C1C[C@@]23CCC4[C@](C)(C(=O)O[C@@H]5OC(COC(C)=O)[C@@H](C)[C@H](O[C@@H]6OC(COC(C)=O)[C@@H](C)[C@H](C)C6OC(C)=O)C5O[C@@H]5OC(C)[C@H](C)[C@H](C)C5OC(C)=O)CCC[C@@]4(C)[C@@H]2CCC1(O[C@@H]1OC(COC(C)=O)[C@@H](C)[C@H](O[C@@H]2OC(COC(C)=O)[C@@H](C)[C@H](C)C2OC(C)=O)C1O[C@@H]1OC(C)[C@H](C)[C@H](C)C1C)C3. The van der Waals surface area contributed by atoms with E-state index in [0.717, 1.165) is 12.0 Å². The number of esters is 8. The van der Waals surface area contributed by atoms with Crippen LogP contribution in [0.25, 0.3) is 0 Å². The smallest absolute Gasteiger partial charge is 0.314 e. The highest BCUT2D eigenvalue weighted by molar-refractivity contribution is 5.77. The number of carbonyl (C=O) groups is 8. The topological polar surface area (TPSA) is 312 Å². The van der Waals surface area contributed by atoms with Crippen LogP contribution in [0.5, 0.6) is 0 Å². The van der Waals surface area contributed by atoms with Crippen LogP contribution in [0.2, 0.25) is 0 Å². The molecule has 6 aliphatic heterocycles. The third-order valence-electron chi connectivity index (χ3n) is 27.9. The van der Waals surface area contributed by atoms with Gasteiger partial charge in [0.25, 0.3) is 0 Å². The van der Waals surface area contributed by atoms with Crippen molar-refractivity contribution in [1.29, 1.82) is 0 Å². The molecule has 0 aromatic carbocycles. The first-order valence-electron chi connectivity index (χ1n) is 39.8. The first-order chi connectivity index (χ1) is 50.6. The van der Waals surface area contributed by atoms with E-state index in [4.69, 9.17) is 96.6 Å². The van der Waals surface area contributed by atoms with Crippen molar-refractivity contribution in [2.24, 2.45) is 93.2 Å². The lowest BCUT2D eigenvalue weighted by molar-refractivity contribution is -0.385. The third kappa shape index (κ3) is 17.7. The van der Waals surface area contributed by atoms with Gasteiger partial charge >= 0.3 is 47.8 Å². The van der Waals surface area contributed by atoms with Crippen molar-refractivity contribution in [3.63, 3.8) is 0 Å². The fourth-order valence-electron chi connectivity index (χ4n) is 20.4. The highest BCUT2D eigenvalue weighted by Gasteiger charge is 2.70. The Hall–Kier alpha value is -4.94. The van der Waals surface area contributed by atoms with Crippen LogP contribution < -0.4 is 0 Å². The molecule has 14 unspecified atom stereocenters. The van der Waals surface area contributed by atoms with E-state index < -0.39 is 193 Å². The van der Waals surface area contributed by atoms with E-state index in [9.17, 15) is 33.6 Å². The van der Waals surface area contributed by atoms with Gasteiger partial charge in [0, 0.05) is 84.0 Å². The number of fused-ring (bicyclic) bond motifs is 3. The molecule has 36 atom stereocenters. The van der Waals surface area contributed by atoms with E-state index in [-0.39, 0.29) is 97.1 Å². The maximum Gasteiger partial charge on any atom is 0.314 e. The number of ether oxygens (including phenoxy) is 19. The van der Waals surface area contributed by atoms with E-state index >= 15 is 4.79 Å². The molecule has 10 rings (SSSR count). The minimum Gasteiger partial charge on any atom is -0.463 e. The number of rotatable bonds is 23. The summed E-state index contributed by atoms with van der Waals surface area (Å²) in [6, 6.07) is 0. The molecule has 6 heterocycles. The Balaban J connectivity index is 0.977. The molecule has 1 spiro atoms. The molecular weight excluding hydrogens is 1400 g/mol. The van der Waals surface area contributed by atoms with Crippen molar-refractivity contribution in [1.82, 2.24) is 0 Å². The molecule has 27 nitrogen and oxygen atoms in total. The summed E-state index contributed by atoms with van der Waals surface area (Å²) >= 11 is 0. The van der Waals surface area contributed by atoms with Crippen LogP contribution in [-0.2, 0) is 128 Å². The molecule has 0 aromatic heterocycles. The Morgan fingerprint density at radius 1 is 0.370 bits per heavy atom. The van der Waals surface area contributed by atoms with Crippen molar-refractivity contribution < 1.29 is 128 Å². The van der Waals surface area contributed by atoms with Gasteiger partial charge in [0.05, 0.1) is 47.6 Å². The molecule has 10 aliphatic rings. The third-order valence-corrected chi connectivity index (χ3v) is 27.9. The van der Waals surface area contributed by atoms with Crippen molar-refractivity contribution in [3.8, 4) is 0 Å². The van der Waals surface area contributed by atoms with Crippen LogP contribution in [0, 0.1) is 93.2 Å². The molecule has 108 heavy (non-hydrogen) atoms. The highest BCUT2D eigenvalue weighted by atomic mass is 16.8. The van der Waals surface area contributed by atoms with E-state index in [2.05, 4.69) is 27.7 Å². The average molecular weight is 1530 g/mol. The van der Waals surface area contributed by atoms with Gasteiger partial charge < -0.3 is 90.0 Å². The van der Waals surface area contributed by atoms with Crippen LogP contribution in [0.3, 0.4) is 0 Å². The van der Waals surface area contributed by atoms with Crippen LogP contribution in [-0.4, -0.2) is 197 Å². The zero-order chi connectivity index (χ0) is 79.3. The predicted octanol–water partition coefficient (Wildman–Crippen LogP) is 10.6. The number of hydrogen-bond acceptors (Lipinski definition) is 27. The van der Waals surface area contributed by atoms with Crippen molar-refractivity contribution >= 4 is 47.8 Å². The highest BCUT2D eigenvalue weighted by Crippen LogP contribution is 2.74. The van der Waals surface area contributed by atoms with Gasteiger partial charge in [0.1, 0.15) is 50.8 Å². The lowest BCUT2D eigenvalue weighted by atomic mass is 9.41. The van der Waals surface area contributed by atoms with Gasteiger partial charge in [-0.1, -0.05) is 96.1 Å². The summed E-state index contributed by atoms with van der Waals surface area (Å²) in [5.41, 5.74) is -2.00. The molecule has 4 saturated carbocycles. The van der Waals surface area contributed by atoms with Gasteiger partial charge in [-0.15, -0.1) is 0 Å². The van der Waals surface area contributed by atoms with E-state index in [1.165, 1.54) is 48.5 Å². The molecule has 0 aromatic rings. The average Bonchev–Trinajstić information content (AvgIpc) is 1.47. The Labute approximate surface area is 638 Å².